The lowest BCUT2D eigenvalue weighted by Crippen LogP contribution is -2.33. The van der Waals surface area contributed by atoms with Crippen LogP contribution in [0.5, 0.6) is 0 Å². The topological polar surface area (TPSA) is 108 Å². The number of H-pyrrole nitrogens is 1. The van der Waals surface area contributed by atoms with Gasteiger partial charge in [0.15, 0.2) is 0 Å². The van der Waals surface area contributed by atoms with Crippen molar-refractivity contribution in [3.8, 4) is 0 Å². The number of amides is 3. The number of fused-ring (bicyclic) bond motifs is 1. The second kappa shape index (κ2) is 8.31. The first-order chi connectivity index (χ1) is 14.5. The molecule has 2 heterocycles. The van der Waals surface area contributed by atoms with Crippen molar-refractivity contribution in [2.45, 2.75) is 32.1 Å². The Morgan fingerprint density at radius 3 is 2.60 bits per heavy atom. The molecular formula is C22H24N4O3S. The fraction of sp³-hybridized carbons (Fsp3) is 0.318. The summed E-state index contributed by atoms with van der Waals surface area (Å²) in [5.74, 6) is -0.521. The van der Waals surface area contributed by atoms with Gasteiger partial charge in [-0.05, 0) is 42.5 Å². The first-order valence-electron chi connectivity index (χ1n) is 10.0. The maximum Gasteiger partial charge on any atom is 0.266 e. The van der Waals surface area contributed by atoms with Crippen molar-refractivity contribution in [1.29, 1.82) is 0 Å². The predicted octanol–water partition coefficient (Wildman–Crippen LogP) is 4.12. The van der Waals surface area contributed by atoms with Crippen LogP contribution >= 0.6 is 11.3 Å². The van der Waals surface area contributed by atoms with E-state index in [1.54, 1.807) is 41.6 Å². The molecule has 1 saturated carbocycles. The van der Waals surface area contributed by atoms with E-state index in [0.29, 0.717) is 15.8 Å². The van der Waals surface area contributed by atoms with Crippen LogP contribution in [0.3, 0.4) is 0 Å². The highest BCUT2D eigenvalue weighted by atomic mass is 32.1. The number of benzene rings is 1. The highest BCUT2D eigenvalue weighted by Crippen LogP contribution is 2.32. The van der Waals surface area contributed by atoms with Crippen LogP contribution in [0.1, 0.15) is 52.1 Å². The van der Waals surface area contributed by atoms with Crippen LogP contribution in [-0.4, -0.2) is 29.8 Å². The molecule has 1 aromatic carbocycles. The second-order valence-corrected chi connectivity index (χ2v) is 8.58. The summed E-state index contributed by atoms with van der Waals surface area (Å²) >= 11 is 1.31. The molecule has 1 aliphatic carbocycles. The Kier molecular flexibility index (Phi) is 5.59. The second-order valence-electron chi connectivity index (χ2n) is 7.63. The molecule has 0 atom stereocenters. The fourth-order valence-corrected chi connectivity index (χ4v) is 4.70. The SMILES string of the molecule is CN(C(=O)C1CCCCC1)c1ccc2c(C(N)=O)c(NC(=O)c3cccs3)[nH]c2c1. The number of aromatic nitrogens is 1. The number of hydrogen-bond acceptors (Lipinski definition) is 4. The van der Waals surface area contributed by atoms with Gasteiger partial charge in [0.05, 0.1) is 10.4 Å². The highest BCUT2D eigenvalue weighted by Gasteiger charge is 2.26. The zero-order valence-electron chi connectivity index (χ0n) is 16.7. The minimum atomic E-state index is -0.637. The third kappa shape index (κ3) is 3.82. The van der Waals surface area contributed by atoms with Crippen LogP contribution in [0.25, 0.3) is 10.9 Å². The monoisotopic (exact) mass is 424 g/mol. The van der Waals surface area contributed by atoms with E-state index >= 15 is 0 Å². The van der Waals surface area contributed by atoms with Crippen molar-refractivity contribution in [1.82, 2.24) is 4.98 Å². The van der Waals surface area contributed by atoms with Gasteiger partial charge in [-0.2, -0.15) is 0 Å². The molecule has 0 aliphatic heterocycles. The van der Waals surface area contributed by atoms with E-state index in [-0.39, 0.29) is 29.1 Å². The van der Waals surface area contributed by atoms with Crippen molar-refractivity contribution in [2.24, 2.45) is 11.7 Å². The van der Waals surface area contributed by atoms with Crippen molar-refractivity contribution in [3.05, 3.63) is 46.2 Å². The Balaban J connectivity index is 1.64. The van der Waals surface area contributed by atoms with Gasteiger partial charge in [0.2, 0.25) is 5.91 Å². The molecule has 3 aromatic rings. The molecule has 0 unspecified atom stereocenters. The van der Waals surface area contributed by atoms with Gasteiger partial charge in [-0.3, -0.25) is 14.4 Å². The molecule has 3 amide bonds. The van der Waals surface area contributed by atoms with E-state index in [1.807, 2.05) is 6.07 Å². The summed E-state index contributed by atoms with van der Waals surface area (Å²) < 4.78 is 0. The molecule has 156 valence electrons. The number of carbonyl (C=O) groups is 3. The van der Waals surface area contributed by atoms with Crippen LogP contribution in [0.15, 0.2) is 35.7 Å². The lowest BCUT2D eigenvalue weighted by molar-refractivity contribution is -0.123. The number of carbonyl (C=O) groups excluding carboxylic acids is 3. The van der Waals surface area contributed by atoms with E-state index in [0.717, 1.165) is 31.4 Å². The maximum atomic E-state index is 12.9. The van der Waals surface area contributed by atoms with Gasteiger partial charge in [0, 0.05) is 29.6 Å². The van der Waals surface area contributed by atoms with E-state index in [4.69, 9.17) is 5.73 Å². The summed E-state index contributed by atoms with van der Waals surface area (Å²) in [6, 6.07) is 8.85. The molecule has 2 aromatic heterocycles. The first-order valence-corrected chi connectivity index (χ1v) is 10.9. The zero-order chi connectivity index (χ0) is 21.3. The smallest absolute Gasteiger partial charge is 0.266 e. The van der Waals surface area contributed by atoms with Gasteiger partial charge in [0.25, 0.3) is 11.8 Å². The van der Waals surface area contributed by atoms with Crippen molar-refractivity contribution in [2.75, 3.05) is 17.3 Å². The summed E-state index contributed by atoms with van der Waals surface area (Å²) in [4.78, 5) is 42.7. The zero-order valence-corrected chi connectivity index (χ0v) is 17.6. The Labute approximate surface area is 178 Å². The fourth-order valence-electron chi connectivity index (χ4n) is 4.08. The Morgan fingerprint density at radius 2 is 1.93 bits per heavy atom. The largest absolute Gasteiger partial charge is 0.365 e. The molecule has 1 aliphatic rings. The van der Waals surface area contributed by atoms with E-state index < -0.39 is 5.91 Å². The predicted molar refractivity (Wildman–Crippen MR) is 119 cm³/mol. The van der Waals surface area contributed by atoms with Crippen LogP contribution < -0.4 is 16.0 Å². The van der Waals surface area contributed by atoms with Crippen molar-refractivity contribution in [3.63, 3.8) is 0 Å². The highest BCUT2D eigenvalue weighted by molar-refractivity contribution is 7.12. The number of rotatable bonds is 5. The summed E-state index contributed by atoms with van der Waals surface area (Å²) in [7, 11) is 1.77. The Morgan fingerprint density at radius 1 is 1.17 bits per heavy atom. The molecule has 4 rings (SSSR count). The van der Waals surface area contributed by atoms with E-state index in [9.17, 15) is 14.4 Å². The van der Waals surface area contributed by atoms with Crippen LogP contribution in [0.4, 0.5) is 11.5 Å². The minimum Gasteiger partial charge on any atom is -0.365 e. The van der Waals surface area contributed by atoms with Crippen LogP contribution in [-0.2, 0) is 4.79 Å². The Hall–Kier alpha value is -3.13. The average Bonchev–Trinajstić information content (AvgIpc) is 3.40. The molecule has 0 saturated heterocycles. The third-order valence-electron chi connectivity index (χ3n) is 5.68. The molecule has 0 bridgehead atoms. The summed E-state index contributed by atoms with van der Waals surface area (Å²) in [5, 5.41) is 5.15. The average molecular weight is 425 g/mol. The molecule has 0 spiro atoms. The van der Waals surface area contributed by atoms with Crippen LogP contribution in [0, 0.1) is 5.92 Å². The number of nitrogens with zero attached hydrogens (tertiary/aromatic N) is 1. The van der Waals surface area contributed by atoms with Gasteiger partial charge >= 0.3 is 0 Å². The lowest BCUT2D eigenvalue weighted by atomic mass is 9.88. The number of nitrogens with one attached hydrogen (secondary N) is 2. The van der Waals surface area contributed by atoms with Crippen molar-refractivity contribution < 1.29 is 14.4 Å². The third-order valence-corrected chi connectivity index (χ3v) is 6.55. The number of primary amides is 1. The molecule has 8 heteroatoms. The summed E-state index contributed by atoms with van der Waals surface area (Å²) in [6.45, 7) is 0. The summed E-state index contributed by atoms with van der Waals surface area (Å²) in [6.07, 6.45) is 5.24. The van der Waals surface area contributed by atoms with Crippen molar-refractivity contribution >= 4 is 51.5 Å². The number of hydrogen-bond donors (Lipinski definition) is 3. The molecule has 1 fully saturated rings. The Bertz CT molecular complexity index is 1100. The number of nitrogens with two attached hydrogens (primary N) is 1. The molecule has 30 heavy (non-hydrogen) atoms. The van der Waals surface area contributed by atoms with Gasteiger partial charge < -0.3 is 20.9 Å². The maximum absolute atomic E-state index is 12.9. The number of thiophene rings is 1. The first kappa shape index (κ1) is 20.2. The van der Waals surface area contributed by atoms with E-state index in [1.165, 1.54) is 17.8 Å². The molecular weight excluding hydrogens is 400 g/mol. The lowest BCUT2D eigenvalue weighted by Gasteiger charge is -2.26. The van der Waals surface area contributed by atoms with E-state index in [2.05, 4.69) is 10.3 Å². The van der Waals surface area contributed by atoms with Gasteiger partial charge in [-0.1, -0.05) is 25.3 Å². The van der Waals surface area contributed by atoms with Gasteiger partial charge in [-0.15, -0.1) is 11.3 Å². The number of anilines is 2. The van der Waals surface area contributed by atoms with Crippen LogP contribution in [0.2, 0.25) is 0 Å². The molecule has 7 nitrogen and oxygen atoms in total. The minimum absolute atomic E-state index is 0.0601. The molecule has 4 N–H and O–H groups in total. The standard InChI is InChI=1S/C22H24N4O3S/c1-26(22(29)13-6-3-2-4-7-13)14-9-10-15-16(12-14)24-20(18(15)19(23)27)25-21(28)17-8-5-11-30-17/h5,8-13,24H,2-4,6-7H2,1H3,(H2,23,27)(H,25,28). The summed E-state index contributed by atoms with van der Waals surface area (Å²) in [5.41, 5.74) is 7.17. The van der Waals surface area contributed by atoms with Gasteiger partial charge in [-0.25, -0.2) is 0 Å². The molecule has 0 radical (unpaired) electrons. The van der Waals surface area contributed by atoms with Gasteiger partial charge in [0.1, 0.15) is 5.82 Å². The quantitative estimate of drug-likeness (QED) is 0.573. The normalized spacial score (nSPS) is 14.6. The number of aromatic amines is 1.